The van der Waals surface area contributed by atoms with E-state index in [9.17, 15) is 4.39 Å². The summed E-state index contributed by atoms with van der Waals surface area (Å²) in [5.41, 5.74) is 1.62. The third-order valence-electron chi connectivity index (χ3n) is 3.25. The minimum atomic E-state index is -0.169. The second kappa shape index (κ2) is 4.93. The van der Waals surface area contributed by atoms with E-state index in [1.54, 1.807) is 0 Å². The van der Waals surface area contributed by atoms with E-state index in [0.29, 0.717) is 5.41 Å². The molecule has 88 valence electrons. The van der Waals surface area contributed by atoms with Crippen LogP contribution in [0.3, 0.4) is 0 Å². The van der Waals surface area contributed by atoms with E-state index < -0.39 is 0 Å². The lowest BCUT2D eigenvalue weighted by atomic mass is 10.1. The summed E-state index contributed by atoms with van der Waals surface area (Å²) < 4.78 is 12.7. The second-order valence-electron chi connectivity index (χ2n) is 4.76. The van der Waals surface area contributed by atoms with Crippen LogP contribution in [0.4, 0.5) is 4.39 Å². The minimum absolute atomic E-state index is 0.169. The molecule has 16 heavy (non-hydrogen) atoms. The first-order chi connectivity index (χ1) is 7.74. The Morgan fingerprint density at radius 2 is 1.88 bits per heavy atom. The topological polar surface area (TPSA) is 24.1 Å². The Morgan fingerprint density at radius 1 is 1.19 bits per heavy atom. The van der Waals surface area contributed by atoms with Crippen LogP contribution in [0.25, 0.3) is 0 Å². The van der Waals surface area contributed by atoms with E-state index in [1.165, 1.54) is 25.0 Å². The standard InChI is InChI=1S/C13H19FN2/c1-15-9-13(6-7-13)10-16-8-11-2-4-12(14)5-3-11/h2-5,15-16H,6-10H2,1H3. The van der Waals surface area contributed by atoms with Crippen LogP contribution in [-0.2, 0) is 6.54 Å². The van der Waals surface area contributed by atoms with Gasteiger partial charge in [0.05, 0.1) is 0 Å². The first-order valence-electron chi connectivity index (χ1n) is 5.84. The molecule has 1 saturated carbocycles. The fourth-order valence-electron chi connectivity index (χ4n) is 2.04. The molecule has 1 aromatic rings. The van der Waals surface area contributed by atoms with Crippen molar-refractivity contribution in [3.05, 3.63) is 35.6 Å². The van der Waals surface area contributed by atoms with Gasteiger partial charge in [-0.1, -0.05) is 12.1 Å². The molecule has 0 aromatic heterocycles. The summed E-state index contributed by atoms with van der Waals surface area (Å²) >= 11 is 0. The summed E-state index contributed by atoms with van der Waals surface area (Å²) in [4.78, 5) is 0. The van der Waals surface area contributed by atoms with Gasteiger partial charge in [0.2, 0.25) is 0 Å². The molecule has 0 bridgehead atoms. The molecule has 1 fully saturated rings. The third-order valence-corrected chi connectivity index (χ3v) is 3.25. The third kappa shape index (κ3) is 3.03. The van der Waals surface area contributed by atoms with Crippen molar-refractivity contribution in [3.8, 4) is 0 Å². The van der Waals surface area contributed by atoms with Gasteiger partial charge in [-0.15, -0.1) is 0 Å². The van der Waals surface area contributed by atoms with Crippen molar-refractivity contribution in [1.29, 1.82) is 0 Å². The number of hydrogen-bond acceptors (Lipinski definition) is 2. The molecule has 1 aliphatic rings. The van der Waals surface area contributed by atoms with Gasteiger partial charge in [-0.2, -0.15) is 0 Å². The normalized spacial score (nSPS) is 17.4. The van der Waals surface area contributed by atoms with Gasteiger partial charge in [0.1, 0.15) is 5.82 Å². The van der Waals surface area contributed by atoms with Crippen molar-refractivity contribution in [1.82, 2.24) is 10.6 Å². The lowest BCUT2D eigenvalue weighted by Gasteiger charge is -2.15. The van der Waals surface area contributed by atoms with Crippen LogP contribution in [0.15, 0.2) is 24.3 Å². The van der Waals surface area contributed by atoms with Gasteiger partial charge in [0, 0.05) is 19.6 Å². The first kappa shape index (κ1) is 11.6. The van der Waals surface area contributed by atoms with Crippen LogP contribution in [-0.4, -0.2) is 20.1 Å². The predicted octanol–water partition coefficient (Wildman–Crippen LogP) is 1.91. The largest absolute Gasteiger partial charge is 0.319 e. The minimum Gasteiger partial charge on any atom is -0.319 e. The van der Waals surface area contributed by atoms with E-state index in [-0.39, 0.29) is 5.82 Å². The Bertz CT molecular complexity index is 330. The monoisotopic (exact) mass is 222 g/mol. The fraction of sp³-hybridized carbons (Fsp3) is 0.538. The lowest BCUT2D eigenvalue weighted by molar-refractivity contribution is 0.438. The number of halogens is 1. The Hall–Kier alpha value is -0.930. The molecule has 2 nitrogen and oxygen atoms in total. The van der Waals surface area contributed by atoms with Crippen molar-refractivity contribution >= 4 is 0 Å². The summed E-state index contributed by atoms with van der Waals surface area (Å²) in [5, 5.41) is 6.68. The van der Waals surface area contributed by atoms with Crippen molar-refractivity contribution in [3.63, 3.8) is 0 Å². The van der Waals surface area contributed by atoms with Crippen LogP contribution >= 0.6 is 0 Å². The average molecular weight is 222 g/mol. The van der Waals surface area contributed by atoms with Crippen LogP contribution in [0.1, 0.15) is 18.4 Å². The number of benzene rings is 1. The highest BCUT2D eigenvalue weighted by atomic mass is 19.1. The molecule has 0 spiro atoms. The number of nitrogens with one attached hydrogen (secondary N) is 2. The summed E-state index contributed by atoms with van der Waals surface area (Å²) in [7, 11) is 2.00. The molecule has 3 heteroatoms. The van der Waals surface area contributed by atoms with E-state index in [2.05, 4.69) is 10.6 Å². The van der Waals surface area contributed by atoms with Gasteiger partial charge in [-0.05, 0) is 43.0 Å². The summed E-state index contributed by atoms with van der Waals surface area (Å²) in [5.74, 6) is -0.169. The first-order valence-corrected chi connectivity index (χ1v) is 5.84. The Kier molecular flexibility index (Phi) is 3.56. The molecule has 2 N–H and O–H groups in total. The Balaban J connectivity index is 1.74. The molecule has 0 atom stereocenters. The summed E-state index contributed by atoms with van der Waals surface area (Å²) in [6.45, 7) is 2.96. The van der Waals surface area contributed by atoms with Crippen LogP contribution in [0, 0.1) is 11.2 Å². The lowest BCUT2D eigenvalue weighted by Crippen LogP contribution is -2.31. The number of hydrogen-bond donors (Lipinski definition) is 2. The van der Waals surface area contributed by atoms with E-state index >= 15 is 0 Å². The smallest absolute Gasteiger partial charge is 0.123 e. The van der Waals surface area contributed by atoms with E-state index in [4.69, 9.17) is 0 Å². The van der Waals surface area contributed by atoms with Crippen molar-refractivity contribution in [2.24, 2.45) is 5.41 Å². The van der Waals surface area contributed by atoms with Gasteiger partial charge >= 0.3 is 0 Å². The van der Waals surface area contributed by atoms with Crippen molar-refractivity contribution in [2.45, 2.75) is 19.4 Å². The quantitative estimate of drug-likeness (QED) is 0.768. The van der Waals surface area contributed by atoms with Crippen molar-refractivity contribution in [2.75, 3.05) is 20.1 Å². The van der Waals surface area contributed by atoms with Crippen LogP contribution in [0.2, 0.25) is 0 Å². The molecular formula is C13H19FN2. The molecule has 0 aliphatic heterocycles. The maximum Gasteiger partial charge on any atom is 0.123 e. The highest BCUT2D eigenvalue weighted by Crippen LogP contribution is 2.44. The maximum absolute atomic E-state index is 12.7. The van der Waals surface area contributed by atoms with Gasteiger partial charge in [-0.25, -0.2) is 4.39 Å². The molecule has 0 amide bonds. The second-order valence-corrected chi connectivity index (χ2v) is 4.76. The highest BCUT2D eigenvalue weighted by Gasteiger charge is 2.41. The zero-order valence-electron chi connectivity index (χ0n) is 9.72. The van der Waals surface area contributed by atoms with Gasteiger partial charge in [-0.3, -0.25) is 0 Å². The van der Waals surface area contributed by atoms with E-state index in [0.717, 1.165) is 25.2 Å². The van der Waals surface area contributed by atoms with Gasteiger partial charge in [0.25, 0.3) is 0 Å². The van der Waals surface area contributed by atoms with Gasteiger partial charge in [0.15, 0.2) is 0 Å². The van der Waals surface area contributed by atoms with E-state index in [1.807, 2.05) is 19.2 Å². The fourth-order valence-corrected chi connectivity index (χ4v) is 2.04. The molecule has 0 heterocycles. The Labute approximate surface area is 96.2 Å². The molecule has 2 rings (SSSR count). The molecule has 0 saturated heterocycles. The average Bonchev–Trinajstić information content (AvgIpc) is 3.02. The Morgan fingerprint density at radius 3 is 2.44 bits per heavy atom. The van der Waals surface area contributed by atoms with Crippen LogP contribution in [0.5, 0.6) is 0 Å². The SMILES string of the molecule is CNCC1(CNCc2ccc(F)cc2)CC1. The summed E-state index contributed by atoms with van der Waals surface area (Å²) in [6, 6.07) is 6.69. The maximum atomic E-state index is 12.7. The zero-order valence-corrected chi connectivity index (χ0v) is 9.72. The molecule has 1 aromatic carbocycles. The van der Waals surface area contributed by atoms with Gasteiger partial charge < -0.3 is 10.6 Å². The number of rotatable bonds is 6. The molecule has 0 unspecified atom stereocenters. The summed E-state index contributed by atoms with van der Waals surface area (Å²) in [6.07, 6.45) is 2.62. The molecular weight excluding hydrogens is 203 g/mol. The molecule has 0 radical (unpaired) electrons. The highest BCUT2D eigenvalue weighted by molar-refractivity contribution is 5.15. The van der Waals surface area contributed by atoms with Crippen molar-refractivity contribution < 1.29 is 4.39 Å². The molecule has 1 aliphatic carbocycles. The predicted molar refractivity (Wildman–Crippen MR) is 63.7 cm³/mol. The zero-order chi connectivity index (χ0) is 11.4. The van der Waals surface area contributed by atoms with Crippen LogP contribution < -0.4 is 10.6 Å².